The van der Waals surface area contributed by atoms with Gasteiger partial charge < -0.3 is 0 Å². The molecule has 1 aliphatic rings. The van der Waals surface area contributed by atoms with Crippen molar-refractivity contribution in [3.8, 4) is 0 Å². The first-order valence-electron chi connectivity index (χ1n) is 6.83. The zero-order chi connectivity index (χ0) is 15.4. The van der Waals surface area contributed by atoms with E-state index in [9.17, 15) is 8.42 Å². The van der Waals surface area contributed by atoms with Crippen molar-refractivity contribution in [2.24, 2.45) is 5.92 Å². The molecule has 112 valence electrons. The Balaban J connectivity index is 2.20. The number of rotatable bonds is 3. The molecule has 2 nitrogen and oxygen atoms in total. The van der Waals surface area contributed by atoms with Crippen LogP contribution in [0, 0.1) is 16.4 Å². The van der Waals surface area contributed by atoms with Crippen molar-refractivity contribution < 1.29 is 8.42 Å². The van der Waals surface area contributed by atoms with Crippen molar-refractivity contribution in [3.63, 3.8) is 0 Å². The van der Waals surface area contributed by atoms with Gasteiger partial charge in [-0.15, -0.1) is 11.6 Å². The lowest BCUT2D eigenvalue weighted by Crippen LogP contribution is -2.01. The van der Waals surface area contributed by atoms with Crippen molar-refractivity contribution in [3.05, 3.63) is 39.0 Å². The molecule has 0 aromatic heterocycles. The maximum Gasteiger partial charge on any atom is 0.176 e. The predicted octanol–water partition coefficient (Wildman–Crippen LogP) is 4.33. The molecule has 2 atom stereocenters. The number of hydrogen-bond donors (Lipinski definition) is 0. The van der Waals surface area contributed by atoms with Crippen LogP contribution in [0.5, 0.6) is 0 Å². The predicted molar refractivity (Wildman–Crippen MR) is 96.0 cm³/mol. The molecule has 3 rings (SSSR count). The van der Waals surface area contributed by atoms with E-state index in [-0.39, 0.29) is 5.38 Å². The lowest BCUT2D eigenvalue weighted by atomic mass is 10.0. The van der Waals surface area contributed by atoms with Gasteiger partial charge in [-0.25, -0.2) is 8.42 Å². The average Bonchev–Trinajstić information content (AvgIpc) is 3.08. The topological polar surface area (TPSA) is 34.1 Å². The summed E-state index contributed by atoms with van der Waals surface area (Å²) in [5, 5.41) is 2.14. The Morgan fingerprint density at radius 2 is 1.95 bits per heavy atom. The molecular formula is C16H16ClIO2S. The van der Waals surface area contributed by atoms with Crippen LogP contribution >= 0.6 is 34.2 Å². The summed E-state index contributed by atoms with van der Waals surface area (Å²) in [5.41, 5.74) is 2.30. The second-order valence-corrected chi connectivity index (χ2v) is 9.56. The fourth-order valence-electron chi connectivity index (χ4n) is 2.71. The summed E-state index contributed by atoms with van der Waals surface area (Å²) in [6.07, 6.45) is 3.26. The average molecular weight is 435 g/mol. The van der Waals surface area contributed by atoms with Crippen LogP contribution in [-0.4, -0.2) is 20.1 Å². The molecule has 2 aromatic rings. The van der Waals surface area contributed by atoms with Gasteiger partial charge in [0.2, 0.25) is 0 Å². The molecule has 0 spiro atoms. The zero-order valence-electron chi connectivity index (χ0n) is 11.9. The second-order valence-electron chi connectivity index (χ2n) is 5.85. The Labute approximate surface area is 143 Å². The quantitative estimate of drug-likeness (QED) is 0.532. The summed E-state index contributed by atoms with van der Waals surface area (Å²) in [7, 11) is -3.24. The fraction of sp³-hybridized carbons (Fsp3) is 0.375. The van der Waals surface area contributed by atoms with Gasteiger partial charge in [0.25, 0.3) is 0 Å². The van der Waals surface area contributed by atoms with E-state index in [0.29, 0.717) is 10.8 Å². The number of halogens is 2. The van der Waals surface area contributed by atoms with Crippen LogP contribution in [0.1, 0.15) is 17.5 Å². The highest BCUT2D eigenvalue weighted by molar-refractivity contribution is 14.1. The van der Waals surface area contributed by atoms with E-state index in [1.54, 1.807) is 6.07 Å². The Morgan fingerprint density at radius 1 is 1.29 bits per heavy atom. The van der Waals surface area contributed by atoms with Crippen LogP contribution in [0.2, 0.25) is 0 Å². The number of alkyl halides is 1. The van der Waals surface area contributed by atoms with Gasteiger partial charge in [0.05, 0.1) is 4.90 Å². The molecule has 2 aromatic carbocycles. The van der Waals surface area contributed by atoms with Crippen molar-refractivity contribution in [1.82, 2.24) is 0 Å². The third kappa shape index (κ3) is 3.08. The second kappa shape index (κ2) is 5.39. The minimum Gasteiger partial charge on any atom is -0.224 e. The molecule has 21 heavy (non-hydrogen) atoms. The van der Waals surface area contributed by atoms with Crippen LogP contribution in [0.3, 0.4) is 0 Å². The first-order valence-corrected chi connectivity index (χ1v) is 10.2. The number of benzene rings is 2. The van der Waals surface area contributed by atoms with E-state index in [2.05, 4.69) is 28.7 Å². The van der Waals surface area contributed by atoms with Gasteiger partial charge in [-0.05, 0) is 76.9 Å². The first-order chi connectivity index (χ1) is 9.77. The highest BCUT2D eigenvalue weighted by Gasteiger charge is 2.34. The summed E-state index contributed by atoms with van der Waals surface area (Å²) in [4.78, 5) is 0.424. The molecule has 1 saturated carbocycles. The van der Waals surface area contributed by atoms with Gasteiger partial charge in [0.15, 0.2) is 9.84 Å². The molecule has 5 heteroatoms. The summed E-state index contributed by atoms with van der Waals surface area (Å²) in [5.74, 6) is 0.538. The molecular weight excluding hydrogens is 419 g/mol. The normalized spacial score (nSPS) is 21.7. The molecule has 0 radical (unpaired) electrons. The van der Waals surface area contributed by atoms with Crippen molar-refractivity contribution in [1.29, 1.82) is 0 Å². The van der Waals surface area contributed by atoms with Gasteiger partial charge >= 0.3 is 0 Å². The van der Waals surface area contributed by atoms with Crippen molar-refractivity contribution >= 4 is 54.8 Å². The lowest BCUT2D eigenvalue weighted by molar-refractivity contribution is 0.602. The maximum absolute atomic E-state index is 12.1. The summed E-state index contributed by atoms with van der Waals surface area (Å²) >= 11 is 8.27. The van der Waals surface area contributed by atoms with E-state index in [1.807, 2.05) is 19.1 Å². The zero-order valence-corrected chi connectivity index (χ0v) is 15.6. The van der Waals surface area contributed by atoms with Crippen molar-refractivity contribution in [2.75, 3.05) is 6.26 Å². The number of sulfone groups is 1. The van der Waals surface area contributed by atoms with Gasteiger partial charge in [-0.1, -0.05) is 12.1 Å². The molecule has 1 aliphatic carbocycles. The van der Waals surface area contributed by atoms with Gasteiger partial charge in [0, 0.05) is 20.6 Å². The molecule has 0 bridgehead atoms. The number of fused-ring (bicyclic) bond motifs is 1. The summed E-state index contributed by atoms with van der Waals surface area (Å²) < 4.78 is 25.2. The Morgan fingerprint density at radius 3 is 2.52 bits per heavy atom. The standard InChI is InChI=1S/C16H16ClIO2S/c1-9-12-4-3-10(5-11-7-14(11)17)6-13(12)16(8-15(9)18)21(2,19)20/h3-4,6,8,11,14H,5,7H2,1-2H3. The SMILES string of the molecule is Cc1c(I)cc(S(C)(=O)=O)c2cc(CC3CC3Cl)ccc12. The monoisotopic (exact) mass is 434 g/mol. The minimum absolute atomic E-state index is 0.286. The first kappa shape index (κ1) is 15.6. The van der Waals surface area contributed by atoms with Crippen LogP contribution in [-0.2, 0) is 16.3 Å². The molecule has 0 N–H and O–H groups in total. The van der Waals surface area contributed by atoms with E-state index in [1.165, 1.54) is 11.8 Å². The van der Waals surface area contributed by atoms with E-state index in [4.69, 9.17) is 11.6 Å². The third-order valence-corrected chi connectivity index (χ3v) is 6.89. The van der Waals surface area contributed by atoms with E-state index < -0.39 is 9.84 Å². The molecule has 2 unspecified atom stereocenters. The lowest BCUT2D eigenvalue weighted by Gasteiger charge is -2.12. The Kier molecular flexibility index (Phi) is 3.99. The largest absolute Gasteiger partial charge is 0.224 e. The summed E-state index contributed by atoms with van der Waals surface area (Å²) in [6, 6.07) is 7.94. The molecule has 0 heterocycles. The van der Waals surface area contributed by atoms with Crippen LogP contribution in [0.25, 0.3) is 10.8 Å². The molecule has 0 amide bonds. The Bertz CT molecular complexity index is 830. The van der Waals surface area contributed by atoms with Crippen LogP contribution < -0.4 is 0 Å². The van der Waals surface area contributed by atoms with E-state index >= 15 is 0 Å². The van der Waals surface area contributed by atoms with Gasteiger partial charge in [0.1, 0.15) is 0 Å². The summed E-state index contributed by atoms with van der Waals surface area (Å²) in [6.45, 7) is 2.03. The van der Waals surface area contributed by atoms with Crippen LogP contribution in [0.4, 0.5) is 0 Å². The van der Waals surface area contributed by atoms with Crippen LogP contribution in [0.15, 0.2) is 29.2 Å². The highest BCUT2D eigenvalue weighted by atomic mass is 127. The van der Waals surface area contributed by atoms with Gasteiger partial charge in [-0.3, -0.25) is 0 Å². The molecule has 0 saturated heterocycles. The molecule has 1 fully saturated rings. The van der Waals surface area contributed by atoms with Gasteiger partial charge in [-0.2, -0.15) is 0 Å². The maximum atomic E-state index is 12.1. The Hall–Kier alpha value is -0.330. The minimum atomic E-state index is -3.24. The third-order valence-electron chi connectivity index (χ3n) is 4.10. The highest BCUT2D eigenvalue weighted by Crippen LogP contribution is 2.39. The number of aryl methyl sites for hydroxylation is 1. The fourth-order valence-corrected chi connectivity index (χ4v) is 4.74. The number of hydrogen-bond acceptors (Lipinski definition) is 2. The van der Waals surface area contributed by atoms with Crippen molar-refractivity contribution in [2.45, 2.75) is 30.0 Å². The molecule has 0 aliphatic heterocycles. The van der Waals surface area contributed by atoms with E-state index in [0.717, 1.165) is 32.7 Å². The smallest absolute Gasteiger partial charge is 0.176 e.